The molecule has 0 fully saturated rings. The number of fused-ring (bicyclic) bond motifs is 1. The highest BCUT2D eigenvalue weighted by Gasteiger charge is 2.44. The van der Waals surface area contributed by atoms with Crippen LogP contribution in [-0.2, 0) is 7.05 Å². The number of aliphatic hydroxyl groups excluding tert-OH is 1. The predicted octanol–water partition coefficient (Wildman–Crippen LogP) is 1.16. The maximum absolute atomic E-state index is 12.4. The van der Waals surface area contributed by atoms with Crippen LogP contribution in [0.3, 0.4) is 0 Å². The van der Waals surface area contributed by atoms with Crippen LogP contribution in [0.4, 0.5) is 0 Å². The van der Waals surface area contributed by atoms with Crippen molar-refractivity contribution in [2.45, 2.75) is 31.6 Å². The Labute approximate surface area is 149 Å². The van der Waals surface area contributed by atoms with Crippen molar-refractivity contribution < 1.29 is 9.84 Å². The van der Waals surface area contributed by atoms with Crippen molar-refractivity contribution in [3.63, 3.8) is 0 Å². The third-order valence-corrected chi connectivity index (χ3v) is 4.74. The van der Waals surface area contributed by atoms with Gasteiger partial charge in [-0.25, -0.2) is 4.68 Å². The van der Waals surface area contributed by atoms with Crippen molar-refractivity contribution in [2.24, 2.45) is 7.05 Å². The fourth-order valence-electron chi connectivity index (χ4n) is 3.35. The van der Waals surface area contributed by atoms with Gasteiger partial charge in [0.1, 0.15) is 17.5 Å². The summed E-state index contributed by atoms with van der Waals surface area (Å²) in [7, 11) is 1.75. The van der Waals surface area contributed by atoms with Crippen LogP contribution in [0.25, 0.3) is 11.4 Å². The van der Waals surface area contributed by atoms with Gasteiger partial charge in [-0.2, -0.15) is 0 Å². The minimum Gasteiger partial charge on any atom is -0.485 e. The van der Waals surface area contributed by atoms with Gasteiger partial charge >= 0.3 is 0 Å². The maximum Gasteiger partial charge on any atom is 0.251 e. The number of benzene rings is 1. The second kappa shape index (κ2) is 5.77. The van der Waals surface area contributed by atoms with Gasteiger partial charge in [-0.15, -0.1) is 5.10 Å². The third-order valence-electron chi connectivity index (χ3n) is 4.74. The summed E-state index contributed by atoms with van der Waals surface area (Å²) in [5, 5.41) is 22.5. The molecule has 1 aliphatic rings. The lowest BCUT2D eigenvalue weighted by atomic mass is 9.85. The molecule has 0 bridgehead atoms. The van der Waals surface area contributed by atoms with Gasteiger partial charge in [0.05, 0.1) is 6.04 Å². The molecule has 3 aromatic rings. The molecule has 0 saturated carbocycles. The molecule has 0 radical (unpaired) electrons. The molecule has 8 nitrogen and oxygen atoms in total. The fourth-order valence-corrected chi connectivity index (χ4v) is 3.35. The summed E-state index contributed by atoms with van der Waals surface area (Å²) < 4.78 is 9.10. The van der Waals surface area contributed by atoms with Crippen LogP contribution in [0.1, 0.15) is 25.5 Å². The quantitative estimate of drug-likeness (QED) is 0.743. The first-order valence-corrected chi connectivity index (χ1v) is 8.29. The van der Waals surface area contributed by atoms with Crippen molar-refractivity contribution in [3.05, 3.63) is 58.5 Å². The molecule has 1 aromatic carbocycles. The Balaban J connectivity index is 1.94. The summed E-state index contributed by atoms with van der Waals surface area (Å²) in [6, 6.07) is 9.90. The van der Waals surface area contributed by atoms with E-state index < -0.39 is 17.7 Å². The lowest BCUT2D eigenvalue weighted by Gasteiger charge is -2.42. The summed E-state index contributed by atoms with van der Waals surface area (Å²) in [5.41, 5.74) is 0.457. The average Bonchev–Trinajstić information content (AvgIpc) is 3.03. The highest BCUT2D eigenvalue weighted by molar-refractivity contribution is 5.60. The number of hydrogen-bond acceptors (Lipinski definition) is 6. The Kier molecular flexibility index (Phi) is 3.66. The van der Waals surface area contributed by atoms with Crippen molar-refractivity contribution >= 4 is 0 Å². The number of aryl methyl sites for hydroxylation is 1. The summed E-state index contributed by atoms with van der Waals surface area (Å²) in [6.07, 6.45) is 0.765. The van der Waals surface area contributed by atoms with Crippen molar-refractivity contribution in [3.8, 4) is 17.1 Å². The number of rotatable bonds is 2. The number of tetrazole rings is 1. The van der Waals surface area contributed by atoms with Gasteiger partial charge < -0.3 is 14.4 Å². The molecule has 1 N–H and O–H groups in total. The normalized spacial score (nSPS) is 21.1. The van der Waals surface area contributed by atoms with Gasteiger partial charge in [0.2, 0.25) is 0 Å². The van der Waals surface area contributed by atoms with E-state index in [1.165, 1.54) is 10.6 Å². The number of aromatic nitrogens is 5. The first-order valence-electron chi connectivity index (χ1n) is 8.29. The van der Waals surface area contributed by atoms with Gasteiger partial charge in [-0.1, -0.05) is 6.07 Å². The molecule has 1 aliphatic heterocycles. The molecular formula is C18H19N5O3. The summed E-state index contributed by atoms with van der Waals surface area (Å²) in [4.78, 5) is 12.4. The standard InChI is InChI=1S/C18H19N5O3/c1-18(2)16(25)15(23-9-5-4-6-14(23)24)12-10-11(7-8-13(12)26-18)17-19-20-21-22(17)3/h4-10,15-16,25H,1-3H3/t15?,16-/m0/s1. The van der Waals surface area contributed by atoms with Crippen LogP contribution in [0, 0.1) is 0 Å². The number of ether oxygens (including phenoxy) is 1. The molecule has 26 heavy (non-hydrogen) atoms. The Morgan fingerprint density at radius 1 is 1.23 bits per heavy atom. The van der Waals surface area contributed by atoms with E-state index >= 15 is 0 Å². The van der Waals surface area contributed by atoms with Gasteiger partial charge in [0.15, 0.2) is 5.82 Å². The van der Waals surface area contributed by atoms with E-state index in [1.54, 1.807) is 30.1 Å². The van der Waals surface area contributed by atoms with Crippen molar-refractivity contribution in [2.75, 3.05) is 0 Å². The summed E-state index contributed by atoms with van der Waals surface area (Å²) in [6.45, 7) is 3.62. The lowest BCUT2D eigenvalue weighted by molar-refractivity contribution is -0.0642. The van der Waals surface area contributed by atoms with Crippen LogP contribution in [-0.4, -0.2) is 41.6 Å². The molecule has 0 saturated heterocycles. The monoisotopic (exact) mass is 353 g/mol. The van der Waals surface area contributed by atoms with E-state index in [1.807, 2.05) is 32.0 Å². The molecule has 0 amide bonds. The van der Waals surface area contributed by atoms with Crippen molar-refractivity contribution in [1.82, 2.24) is 24.8 Å². The Morgan fingerprint density at radius 2 is 2.04 bits per heavy atom. The second-order valence-electron chi connectivity index (χ2n) is 6.92. The zero-order valence-electron chi connectivity index (χ0n) is 14.7. The molecule has 0 aliphatic carbocycles. The number of hydrogen-bond donors (Lipinski definition) is 1. The molecule has 8 heteroatoms. The molecule has 2 aromatic heterocycles. The lowest BCUT2D eigenvalue weighted by Crippen LogP contribution is -2.52. The number of aliphatic hydroxyl groups is 1. The zero-order chi connectivity index (χ0) is 18.5. The first-order chi connectivity index (χ1) is 12.4. The zero-order valence-corrected chi connectivity index (χ0v) is 14.7. The summed E-state index contributed by atoms with van der Waals surface area (Å²) >= 11 is 0. The fraction of sp³-hybridized carbons (Fsp3) is 0.333. The minimum absolute atomic E-state index is 0.189. The van der Waals surface area contributed by atoms with E-state index in [0.717, 1.165) is 5.56 Å². The average molecular weight is 353 g/mol. The predicted molar refractivity (Wildman–Crippen MR) is 93.8 cm³/mol. The van der Waals surface area contributed by atoms with E-state index in [-0.39, 0.29) is 5.56 Å². The van der Waals surface area contributed by atoms with Crippen molar-refractivity contribution in [1.29, 1.82) is 0 Å². The summed E-state index contributed by atoms with van der Waals surface area (Å²) in [5.74, 6) is 1.21. The largest absolute Gasteiger partial charge is 0.485 e. The minimum atomic E-state index is -0.914. The van der Waals surface area contributed by atoms with E-state index in [2.05, 4.69) is 15.5 Å². The van der Waals surface area contributed by atoms with E-state index in [9.17, 15) is 9.90 Å². The van der Waals surface area contributed by atoms with Crippen LogP contribution in [0.2, 0.25) is 0 Å². The molecular weight excluding hydrogens is 334 g/mol. The second-order valence-corrected chi connectivity index (χ2v) is 6.92. The molecule has 1 unspecified atom stereocenters. The number of nitrogens with zero attached hydrogens (tertiary/aromatic N) is 5. The topological polar surface area (TPSA) is 95.1 Å². The smallest absolute Gasteiger partial charge is 0.251 e. The Hall–Kier alpha value is -3.00. The first kappa shape index (κ1) is 16.5. The van der Waals surface area contributed by atoms with Gasteiger partial charge in [0, 0.05) is 30.4 Å². The van der Waals surface area contributed by atoms with Crippen LogP contribution in [0.5, 0.6) is 5.75 Å². The van der Waals surface area contributed by atoms with Crippen LogP contribution in [0.15, 0.2) is 47.4 Å². The molecule has 134 valence electrons. The number of pyridine rings is 1. The van der Waals surface area contributed by atoms with Gasteiger partial charge in [-0.05, 0) is 48.5 Å². The highest BCUT2D eigenvalue weighted by atomic mass is 16.5. The molecule has 0 spiro atoms. The molecule has 3 heterocycles. The van der Waals surface area contributed by atoms with Gasteiger partial charge in [-0.3, -0.25) is 4.79 Å². The maximum atomic E-state index is 12.4. The van der Waals surface area contributed by atoms with Gasteiger partial charge in [0.25, 0.3) is 5.56 Å². The van der Waals surface area contributed by atoms with Crippen LogP contribution < -0.4 is 10.3 Å². The SMILES string of the molecule is Cn1nnnc1-c1ccc2c(c1)C(n1ccccc1=O)[C@H](O)C(C)(C)O2. The Bertz CT molecular complexity index is 1020. The highest BCUT2D eigenvalue weighted by Crippen LogP contribution is 2.42. The van der Waals surface area contributed by atoms with E-state index in [4.69, 9.17) is 4.74 Å². The molecule has 4 rings (SSSR count). The Morgan fingerprint density at radius 3 is 2.73 bits per heavy atom. The molecule has 2 atom stereocenters. The third kappa shape index (κ3) is 2.50. The van der Waals surface area contributed by atoms with E-state index in [0.29, 0.717) is 17.1 Å². The van der Waals surface area contributed by atoms with Crippen LogP contribution >= 0.6 is 0 Å².